The van der Waals surface area contributed by atoms with E-state index in [0.29, 0.717) is 0 Å². The first kappa shape index (κ1) is 12.0. The molecule has 0 aliphatic carbocycles. The van der Waals surface area contributed by atoms with Crippen LogP contribution in [0.5, 0.6) is 11.5 Å². The van der Waals surface area contributed by atoms with Crippen molar-refractivity contribution in [3.05, 3.63) is 46.2 Å². The number of aliphatic hydroxyl groups excluding tert-OH is 1. The molecule has 1 aromatic carbocycles. The van der Waals surface area contributed by atoms with Crippen LogP contribution in [0.15, 0.2) is 35.7 Å². The van der Waals surface area contributed by atoms with Crippen molar-refractivity contribution in [3.63, 3.8) is 0 Å². The van der Waals surface area contributed by atoms with Crippen LogP contribution in [0.25, 0.3) is 0 Å². The van der Waals surface area contributed by atoms with Gasteiger partial charge in [0.2, 0.25) is 0 Å². The zero-order chi connectivity index (χ0) is 12.3. The van der Waals surface area contributed by atoms with Gasteiger partial charge in [0, 0.05) is 10.3 Å². The Bertz CT molecular complexity index is 476. The molecule has 0 saturated carbocycles. The number of benzene rings is 1. The Balaban J connectivity index is 2.20. The average molecular weight is 250 g/mol. The topological polar surface area (TPSA) is 38.7 Å². The van der Waals surface area contributed by atoms with Gasteiger partial charge in [-0.3, -0.25) is 0 Å². The fourth-order valence-corrected chi connectivity index (χ4v) is 2.40. The zero-order valence-electron chi connectivity index (χ0n) is 9.71. The molecule has 2 rings (SSSR count). The first-order chi connectivity index (χ1) is 8.24. The third-order valence-electron chi connectivity index (χ3n) is 2.53. The highest BCUT2D eigenvalue weighted by Gasteiger charge is 2.13. The summed E-state index contributed by atoms with van der Waals surface area (Å²) in [6, 6.07) is 9.23. The van der Waals surface area contributed by atoms with E-state index in [2.05, 4.69) is 0 Å². The maximum absolute atomic E-state index is 10.2. The Hall–Kier alpha value is -1.52. The van der Waals surface area contributed by atoms with E-state index in [1.165, 1.54) is 11.3 Å². The van der Waals surface area contributed by atoms with Gasteiger partial charge in [-0.25, -0.2) is 0 Å². The van der Waals surface area contributed by atoms with Gasteiger partial charge in [-0.2, -0.15) is 0 Å². The molecule has 0 aliphatic rings. The molecule has 0 spiro atoms. The summed E-state index contributed by atoms with van der Waals surface area (Å²) in [4.78, 5) is 0.868. The highest BCUT2D eigenvalue weighted by Crippen LogP contribution is 2.31. The highest BCUT2D eigenvalue weighted by atomic mass is 32.1. The van der Waals surface area contributed by atoms with Crippen molar-refractivity contribution < 1.29 is 14.6 Å². The average Bonchev–Trinajstić information content (AvgIpc) is 2.87. The van der Waals surface area contributed by atoms with Crippen molar-refractivity contribution in [2.45, 2.75) is 6.10 Å². The molecule has 1 heterocycles. The van der Waals surface area contributed by atoms with Crippen molar-refractivity contribution in [1.82, 2.24) is 0 Å². The predicted octanol–water partition coefficient (Wildman–Crippen LogP) is 2.85. The van der Waals surface area contributed by atoms with Gasteiger partial charge in [0.1, 0.15) is 17.6 Å². The number of methoxy groups -OCH3 is 2. The summed E-state index contributed by atoms with van der Waals surface area (Å²) >= 11 is 1.48. The van der Waals surface area contributed by atoms with Crippen LogP contribution in [0.4, 0.5) is 0 Å². The van der Waals surface area contributed by atoms with E-state index in [-0.39, 0.29) is 0 Å². The molecule has 1 N–H and O–H groups in total. The molecule has 0 saturated heterocycles. The van der Waals surface area contributed by atoms with E-state index >= 15 is 0 Å². The predicted molar refractivity (Wildman–Crippen MR) is 67.9 cm³/mol. The summed E-state index contributed by atoms with van der Waals surface area (Å²) in [5, 5.41) is 12.1. The van der Waals surface area contributed by atoms with E-state index in [1.807, 2.05) is 35.7 Å². The molecule has 4 heteroatoms. The Kier molecular flexibility index (Phi) is 3.66. The third kappa shape index (κ3) is 2.60. The molecule has 0 radical (unpaired) electrons. The van der Waals surface area contributed by atoms with Gasteiger partial charge in [-0.1, -0.05) is 12.1 Å². The minimum absolute atomic E-state index is 0.616. The lowest BCUT2D eigenvalue weighted by Crippen LogP contribution is -1.96. The maximum atomic E-state index is 10.2. The van der Waals surface area contributed by atoms with Crippen LogP contribution in [0, 0.1) is 0 Å². The lowest BCUT2D eigenvalue weighted by molar-refractivity contribution is 0.223. The van der Waals surface area contributed by atoms with Crippen molar-refractivity contribution in [2.24, 2.45) is 0 Å². The second kappa shape index (κ2) is 5.21. The third-order valence-corrected chi connectivity index (χ3v) is 3.50. The molecule has 0 aliphatic heterocycles. The number of thiophene rings is 1. The molecule has 0 fully saturated rings. The highest BCUT2D eigenvalue weighted by molar-refractivity contribution is 7.10. The lowest BCUT2D eigenvalue weighted by Gasteiger charge is -2.09. The quantitative estimate of drug-likeness (QED) is 0.906. The summed E-state index contributed by atoms with van der Waals surface area (Å²) in [5.41, 5.74) is 0.843. The maximum Gasteiger partial charge on any atom is 0.129 e. The monoisotopic (exact) mass is 250 g/mol. The Morgan fingerprint density at radius 1 is 1.06 bits per heavy atom. The van der Waals surface area contributed by atoms with Crippen LogP contribution < -0.4 is 9.47 Å². The van der Waals surface area contributed by atoms with Gasteiger partial charge in [-0.15, -0.1) is 11.3 Å². The van der Waals surface area contributed by atoms with Gasteiger partial charge < -0.3 is 14.6 Å². The Labute approximate surface area is 104 Å². The van der Waals surface area contributed by atoms with Crippen LogP contribution in [0.1, 0.15) is 16.5 Å². The molecule has 0 amide bonds. The molecule has 0 bridgehead atoms. The van der Waals surface area contributed by atoms with E-state index in [1.54, 1.807) is 14.2 Å². The molecule has 1 unspecified atom stereocenters. The van der Waals surface area contributed by atoms with Gasteiger partial charge in [-0.05, 0) is 23.8 Å². The summed E-state index contributed by atoms with van der Waals surface area (Å²) in [6.07, 6.45) is -0.616. The molecule has 90 valence electrons. The van der Waals surface area contributed by atoms with E-state index in [9.17, 15) is 5.11 Å². The van der Waals surface area contributed by atoms with Crippen LogP contribution in [0.3, 0.4) is 0 Å². The lowest BCUT2D eigenvalue weighted by atomic mass is 10.1. The molecule has 2 aromatic rings. The number of rotatable bonds is 4. The van der Waals surface area contributed by atoms with E-state index in [0.717, 1.165) is 21.9 Å². The fourth-order valence-electron chi connectivity index (χ4n) is 1.54. The smallest absolute Gasteiger partial charge is 0.129 e. The summed E-state index contributed by atoms with van der Waals surface area (Å²) in [7, 11) is 3.24. The first-order valence-electron chi connectivity index (χ1n) is 5.19. The van der Waals surface area contributed by atoms with Gasteiger partial charge in [0.15, 0.2) is 0 Å². The standard InChI is InChI=1S/C13H14O3S/c1-15-10-5-3-9(4-6-10)13(14)12-7-11(16-2)8-17-12/h3-8,13-14H,1-2H3. The van der Waals surface area contributed by atoms with E-state index in [4.69, 9.17) is 9.47 Å². The second-order valence-electron chi connectivity index (χ2n) is 3.56. The zero-order valence-corrected chi connectivity index (χ0v) is 10.5. The van der Waals surface area contributed by atoms with Crippen LogP contribution in [-0.4, -0.2) is 19.3 Å². The van der Waals surface area contributed by atoms with Crippen molar-refractivity contribution >= 4 is 11.3 Å². The Morgan fingerprint density at radius 2 is 1.71 bits per heavy atom. The van der Waals surface area contributed by atoms with Gasteiger partial charge >= 0.3 is 0 Å². The SMILES string of the molecule is COc1ccc(C(O)c2cc(OC)cs2)cc1. The number of ether oxygens (including phenoxy) is 2. The molecular weight excluding hydrogens is 236 g/mol. The molecule has 1 atom stereocenters. The van der Waals surface area contributed by atoms with Gasteiger partial charge in [0.25, 0.3) is 0 Å². The van der Waals surface area contributed by atoms with Crippen LogP contribution in [-0.2, 0) is 0 Å². The van der Waals surface area contributed by atoms with Crippen LogP contribution >= 0.6 is 11.3 Å². The van der Waals surface area contributed by atoms with Crippen LogP contribution in [0.2, 0.25) is 0 Å². The summed E-state index contributed by atoms with van der Waals surface area (Å²) in [6.45, 7) is 0. The molecule has 3 nitrogen and oxygen atoms in total. The fraction of sp³-hybridized carbons (Fsp3) is 0.231. The number of hydrogen-bond donors (Lipinski definition) is 1. The molecule has 1 aromatic heterocycles. The number of aliphatic hydroxyl groups is 1. The minimum Gasteiger partial charge on any atom is -0.497 e. The largest absolute Gasteiger partial charge is 0.497 e. The first-order valence-corrected chi connectivity index (χ1v) is 6.07. The molecular formula is C13H14O3S. The second-order valence-corrected chi connectivity index (χ2v) is 4.51. The van der Waals surface area contributed by atoms with Crippen molar-refractivity contribution in [2.75, 3.05) is 14.2 Å². The normalized spacial score (nSPS) is 12.2. The van der Waals surface area contributed by atoms with Crippen molar-refractivity contribution in [3.8, 4) is 11.5 Å². The van der Waals surface area contributed by atoms with E-state index < -0.39 is 6.10 Å². The van der Waals surface area contributed by atoms with Crippen molar-refractivity contribution in [1.29, 1.82) is 0 Å². The number of hydrogen-bond acceptors (Lipinski definition) is 4. The van der Waals surface area contributed by atoms with Gasteiger partial charge in [0.05, 0.1) is 14.2 Å². The Morgan fingerprint density at radius 3 is 2.24 bits per heavy atom. The summed E-state index contributed by atoms with van der Waals surface area (Å²) < 4.78 is 10.2. The summed E-state index contributed by atoms with van der Waals surface area (Å²) in [5.74, 6) is 1.56. The molecule has 17 heavy (non-hydrogen) atoms. The minimum atomic E-state index is -0.616.